The van der Waals surface area contributed by atoms with Gasteiger partial charge in [0.1, 0.15) is 5.82 Å². The maximum atomic E-state index is 13.0. The lowest BCUT2D eigenvalue weighted by Gasteiger charge is -2.32. The number of hydrogen-bond donors (Lipinski definition) is 1. The van der Waals surface area contributed by atoms with Gasteiger partial charge in [0.25, 0.3) is 5.91 Å². The van der Waals surface area contributed by atoms with E-state index in [1.807, 2.05) is 30.3 Å². The van der Waals surface area contributed by atoms with Crippen LogP contribution in [0, 0.1) is 5.92 Å². The molecule has 1 aromatic heterocycles. The molecule has 1 aromatic carbocycles. The smallest absolute Gasteiger partial charge is 0.253 e. The molecule has 7 heteroatoms. The van der Waals surface area contributed by atoms with Gasteiger partial charge >= 0.3 is 0 Å². The second-order valence-electron chi connectivity index (χ2n) is 8.29. The van der Waals surface area contributed by atoms with E-state index in [2.05, 4.69) is 51.9 Å². The molecule has 0 saturated carbocycles. The van der Waals surface area contributed by atoms with Crippen molar-refractivity contribution >= 4 is 33.6 Å². The molecule has 1 aliphatic heterocycles. The van der Waals surface area contributed by atoms with E-state index in [9.17, 15) is 9.59 Å². The fraction of sp³-hybridized carbons (Fsp3) is 0.458. The Labute approximate surface area is 193 Å². The molecule has 0 aliphatic carbocycles. The Hall–Kier alpha value is -2.25. The molecule has 3 rings (SSSR count). The number of anilines is 1. The Kier molecular flexibility index (Phi) is 8.21. The Morgan fingerprint density at radius 1 is 1.23 bits per heavy atom. The number of hydrogen-bond acceptors (Lipinski definition) is 4. The highest BCUT2D eigenvalue weighted by Crippen LogP contribution is 2.21. The number of carbonyl (C=O) groups is 2. The van der Waals surface area contributed by atoms with Gasteiger partial charge in [-0.1, -0.05) is 19.1 Å². The van der Waals surface area contributed by atoms with Gasteiger partial charge in [0, 0.05) is 41.9 Å². The van der Waals surface area contributed by atoms with E-state index in [-0.39, 0.29) is 17.7 Å². The van der Waals surface area contributed by atoms with E-state index < -0.39 is 0 Å². The molecule has 2 amide bonds. The van der Waals surface area contributed by atoms with Crippen molar-refractivity contribution in [1.29, 1.82) is 0 Å². The van der Waals surface area contributed by atoms with Crippen molar-refractivity contribution < 1.29 is 9.59 Å². The minimum Gasteiger partial charge on any atom is -0.338 e. The summed E-state index contributed by atoms with van der Waals surface area (Å²) in [5.74, 6) is 0.194. The zero-order chi connectivity index (χ0) is 22.4. The highest BCUT2D eigenvalue weighted by atomic mass is 79.9. The predicted octanol–water partition coefficient (Wildman–Crippen LogP) is 4.57. The summed E-state index contributed by atoms with van der Waals surface area (Å²) in [6.07, 6.45) is 3.24. The molecule has 31 heavy (non-hydrogen) atoms. The number of nitrogens with zero attached hydrogens (tertiary/aromatic N) is 3. The normalized spacial score (nSPS) is 16.6. The van der Waals surface area contributed by atoms with Crippen LogP contribution in [0.1, 0.15) is 49.5 Å². The molecule has 0 spiro atoms. The minimum absolute atomic E-state index is 0.0120. The number of pyridine rings is 1. The zero-order valence-corrected chi connectivity index (χ0v) is 20.1. The predicted molar refractivity (Wildman–Crippen MR) is 127 cm³/mol. The average molecular weight is 487 g/mol. The largest absolute Gasteiger partial charge is 0.338 e. The second-order valence-corrected chi connectivity index (χ2v) is 9.21. The van der Waals surface area contributed by atoms with Crippen LogP contribution in [0.5, 0.6) is 0 Å². The van der Waals surface area contributed by atoms with E-state index in [0.717, 1.165) is 30.4 Å². The molecule has 6 nitrogen and oxygen atoms in total. The number of rotatable bonds is 7. The molecule has 1 atom stereocenters. The maximum Gasteiger partial charge on any atom is 0.253 e. The Morgan fingerprint density at radius 2 is 1.97 bits per heavy atom. The molecule has 1 aliphatic rings. The first-order chi connectivity index (χ1) is 14.9. The van der Waals surface area contributed by atoms with Crippen LogP contribution in [-0.4, -0.2) is 52.3 Å². The van der Waals surface area contributed by atoms with Gasteiger partial charge in [0.2, 0.25) is 5.91 Å². The van der Waals surface area contributed by atoms with E-state index in [4.69, 9.17) is 0 Å². The first-order valence-electron chi connectivity index (χ1n) is 10.9. The Balaban J connectivity index is 1.59. The first kappa shape index (κ1) is 23.4. The Bertz CT molecular complexity index is 883. The van der Waals surface area contributed by atoms with Gasteiger partial charge in [-0.05, 0) is 79.0 Å². The maximum absolute atomic E-state index is 13.0. The molecule has 1 saturated heterocycles. The van der Waals surface area contributed by atoms with Crippen LogP contribution >= 0.6 is 15.9 Å². The molecule has 2 aromatic rings. The summed E-state index contributed by atoms with van der Waals surface area (Å²) in [6.45, 7) is 9.52. The molecule has 2 heterocycles. The molecule has 1 unspecified atom stereocenters. The van der Waals surface area contributed by atoms with Crippen molar-refractivity contribution in [3.8, 4) is 0 Å². The summed E-state index contributed by atoms with van der Waals surface area (Å²) in [4.78, 5) is 34.1. The minimum atomic E-state index is -0.230. The average Bonchev–Trinajstić information content (AvgIpc) is 2.78. The number of likely N-dealkylation sites (tertiary alicyclic amines) is 1. The molecular formula is C24H31BrN4O2. The number of nitrogens with one attached hydrogen (secondary N) is 1. The van der Waals surface area contributed by atoms with Crippen LogP contribution in [0.2, 0.25) is 0 Å². The number of carbonyl (C=O) groups excluding carboxylic acids is 2. The fourth-order valence-corrected chi connectivity index (χ4v) is 4.12. The summed E-state index contributed by atoms with van der Waals surface area (Å²) < 4.78 is 0.859. The van der Waals surface area contributed by atoms with Crippen molar-refractivity contribution in [3.63, 3.8) is 0 Å². The van der Waals surface area contributed by atoms with Gasteiger partial charge < -0.3 is 10.2 Å². The van der Waals surface area contributed by atoms with Crippen LogP contribution in [0.3, 0.4) is 0 Å². The summed E-state index contributed by atoms with van der Waals surface area (Å²) in [7, 11) is 0. The topological polar surface area (TPSA) is 65.5 Å². The third-order valence-corrected chi connectivity index (χ3v) is 6.25. The molecule has 0 radical (unpaired) electrons. The van der Waals surface area contributed by atoms with E-state index >= 15 is 0 Å². The van der Waals surface area contributed by atoms with Gasteiger partial charge in [-0.2, -0.15) is 0 Å². The van der Waals surface area contributed by atoms with Gasteiger partial charge in [-0.3, -0.25) is 14.5 Å². The third-order valence-electron chi connectivity index (χ3n) is 5.78. The van der Waals surface area contributed by atoms with Crippen molar-refractivity contribution in [1.82, 2.24) is 14.8 Å². The van der Waals surface area contributed by atoms with Crippen molar-refractivity contribution in [3.05, 3.63) is 58.2 Å². The lowest BCUT2D eigenvalue weighted by Crippen LogP contribution is -2.43. The SMILES string of the molecule is CCN(Cc1ccc(C(=O)N2CCCC(C(=O)Nc3ccc(Br)cn3)C2)cc1)C(C)C. The van der Waals surface area contributed by atoms with Crippen LogP contribution in [-0.2, 0) is 11.3 Å². The number of piperidine rings is 1. The molecule has 1 fully saturated rings. The third kappa shape index (κ3) is 6.37. The van der Waals surface area contributed by atoms with Crippen molar-refractivity contribution in [2.75, 3.05) is 25.0 Å². The van der Waals surface area contributed by atoms with E-state index in [0.29, 0.717) is 30.5 Å². The van der Waals surface area contributed by atoms with Crippen LogP contribution < -0.4 is 5.32 Å². The Morgan fingerprint density at radius 3 is 2.58 bits per heavy atom. The summed E-state index contributed by atoms with van der Waals surface area (Å²) >= 11 is 3.34. The van der Waals surface area contributed by atoms with Gasteiger partial charge in [-0.25, -0.2) is 4.98 Å². The molecule has 0 bridgehead atoms. The number of halogens is 1. The number of amides is 2. The first-order valence-corrected chi connectivity index (χ1v) is 11.7. The number of benzene rings is 1. The second kappa shape index (κ2) is 10.9. The molecular weight excluding hydrogens is 456 g/mol. The van der Waals surface area contributed by atoms with Crippen LogP contribution in [0.15, 0.2) is 47.1 Å². The van der Waals surface area contributed by atoms with E-state index in [1.54, 1.807) is 17.2 Å². The monoisotopic (exact) mass is 486 g/mol. The number of aromatic nitrogens is 1. The molecule has 166 valence electrons. The zero-order valence-electron chi connectivity index (χ0n) is 18.5. The van der Waals surface area contributed by atoms with Gasteiger partial charge in [0.15, 0.2) is 0 Å². The van der Waals surface area contributed by atoms with Crippen molar-refractivity contribution in [2.24, 2.45) is 5.92 Å². The lowest BCUT2D eigenvalue weighted by molar-refractivity contribution is -0.121. The standard InChI is InChI=1S/C24H31BrN4O2/c1-4-28(17(2)3)15-18-7-9-19(10-8-18)24(31)29-13-5-6-20(16-29)23(30)27-22-12-11-21(25)14-26-22/h7-12,14,17,20H,4-6,13,15-16H2,1-3H3,(H,26,27,30). The van der Waals surface area contributed by atoms with Gasteiger partial charge in [0.05, 0.1) is 5.92 Å². The van der Waals surface area contributed by atoms with Gasteiger partial charge in [-0.15, -0.1) is 0 Å². The van der Waals surface area contributed by atoms with Crippen LogP contribution in [0.4, 0.5) is 5.82 Å². The highest BCUT2D eigenvalue weighted by molar-refractivity contribution is 9.10. The lowest BCUT2D eigenvalue weighted by atomic mass is 9.96. The summed E-state index contributed by atoms with van der Waals surface area (Å²) in [5, 5.41) is 2.86. The fourth-order valence-electron chi connectivity index (χ4n) is 3.88. The molecule has 1 N–H and O–H groups in total. The van der Waals surface area contributed by atoms with E-state index in [1.165, 1.54) is 5.56 Å². The highest BCUT2D eigenvalue weighted by Gasteiger charge is 2.29. The van der Waals surface area contributed by atoms with Crippen molar-refractivity contribution in [2.45, 2.75) is 46.2 Å². The quantitative estimate of drug-likeness (QED) is 0.622. The summed E-state index contributed by atoms with van der Waals surface area (Å²) in [5.41, 5.74) is 1.87. The summed E-state index contributed by atoms with van der Waals surface area (Å²) in [6, 6.07) is 12.0. The van der Waals surface area contributed by atoms with Crippen LogP contribution in [0.25, 0.3) is 0 Å².